The van der Waals surface area contributed by atoms with Gasteiger partial charge in [-0.3, -0.25) is 14.3 Å². The standard InChI is InChI=1S/C25H32F6N6O2/c1-4-14(2)7-17(9-18(26)15(3)38)20-10-21(25(29,30)31)36-37(20)13-24(5-6-24)35-22(39)19(33)8-16(11-32)12-34-23(27)28/h7,9-12,14,19,23H,4-6,8,13,32-33H2,1-3H3,(H,35,39)/b16-11-,17-7+,18-9+,34-12+/t14?,19-/m1/s1. The summed E-state index contributed by atoms with van der Waals surface area (Å²) >= 11 is 0. The van der Waals surface area contributed by atoms with E-state index in [-0.39, 0.29) is 35.7 Å². The number of amides is 1. The zero-order chi connectivity index (χ0) is 29.5. The van der Waals surface area contributed by atoms with Crippen LogP contribution in [0.25, 0.3) is 5.57 Å². The van der Waals surface area contributed by atoms with Crippen molar-refractivity contribution in [2.45, 2.75) is 77.3 Å². The molecule has 5 N–H and O–H groups in total. The molecule has 216 valence electrons. The lowest BCUT2D eigenvalue weighted by molar-refractivity contribution is -0.141. The maximum absolute atomic E-state index is 14.3. The first-order chi connectivity index (χ1) is 18.1. The second-order valence-corrected chi connectivity index (χ2v) is 9.50. The molecule has 1 heterocycles. The van der Waals surface area contributed by atoms with E-state index in [1.165, 1.54) is 0 Å². The number of halogens is 6. The average molecular weight is 563 g/mol. The molecule has 2 rings (SSSR count). The smallest absolute Gasteiger partial charge is 0.404 e. The Bertz CT molecular complexity index is 1160. The molecule has 0 bridgehead atoms. The lowest BCUT2D eigenvalue weighted by Crippen LogP contribution is -2.48. The van der Waals surface area contributed by atoms with Crippen LogP contribution in [-0.4, -0.2) is 45.8 Å². The van der Waals surface area contributed by atoms with Gasteiger partial charge in [-0.15, -0.1) is 0 Å². The third kappa shape index (κ3) is 9.37. The molecule has 1 fully saturated rings. The third-order valence-corrected chi connectivity index (χ3v) is 6.15. The zero-order valence-corrected chi connectivity index (χ0v) is 21.7. The van der Waals surface area contributed by atoms with Gasteiger partial charge in [0.1, 0.15) is 0 Å². The molecule has 1 saturated carbocycles. The third-order valence-electron chi connectivity index (χ3n) is 6.15. The molecule has 0 saturated heterocycles. The molecule has 1 aliphatic carbocycles. The molecule has 8 nitrogen and oxygen atoms in total. The Morgan fingerprint density at radius 1 is 1.31 bits per heavy atom. The van der Waals surface area contributed by atoms with Crippen LogP contribution < -0.4 is 16.8 Å². The lowest BCUT2D eigenvalue weighted by Gasteiger charge is -2.22. The minimum atomic E-state index is -4.81. The minimum Gasteiger partial charge on any atom is -0.404 e. The summed E-state index contributed by atoms with van der Waals surface area (Å²) in [6.45, 7) is 1.45. The minimum absolute atomic E-state index is 0.0370. The van der Waals surface area contributed by atoms with Gasteiger partial charge < -0.3 is 16.8 Å². The van der Waals surface area contributed by atoms with Crippen LogP contribution in [0.1, 0.15) is 57.8 Å². The summed E-state index contributed by atoms with van der Waals surface area (Å²) in [5.74, 6) is -2.87. The highest BCUT2D eigenvalue weighted by Gasteiger charge is 2.46. The summed E-state index contributed by atoms with van der Waals surface area (Å²) in [6.07, 6.45) is 0.565. The van der Waals surface area contributed by atoms with Gasteiger partial charge in [0.25, 0.3) is 0 Å². The number of hydrogen-bond donors (Lipinski definition) is 3. The Kier molecular flexibility index (Phi) is 10.7. The highest BCUT2D eigenvalue weighted by Crippen LogP contribution is 2.39. The van der Waals surface area contributed by atoms with Crippen molar-refractivity contribution in [3.8, 4) is 0 Å². The molecule has 1 aromatic rings. The van der Waals surface area contributed by atoms with Gasteiger partial charge in [-0.25, -0.2) is 9.38 Å². The number of aromatic nitrogens is 2. The molecule has 0 aromatic carbocycles. The Morgan fingerprint density at radius 3 is 2.44 bits per heavy atom. The number of allylic oxidation sites excluding steroid dienone is 4. The SMILES string of the molecule is CCC(C)/C=C(\C=C(\F)C(C)=O)c1cc(C(F)(F)F)nn1CC1(NC(=O)[C@H](N)CC(=C/N)/C=N/C(F)F)CC1. The van der Waals surface area contributed by atoms with E-state index in [9.17, 15) is 35.9 Å². The molecule has 0 aliphatic heterocycles. The molecule has 2 atom stereocenters. The van der Waals surface area contributed by atoms with Gasteiger partial charge in [0, 0.05) is 13.1 Å². The average Bonchev–Trinajstić information content (AvgIpc) is 3.45. The number of nitrogens with one attached hydrogen (secondary N) is 1. The molecule has 0 radical (unpaired) electrons. The van der Waals surface area contributed by atoms with Gasteiger partial charge in [-0.2, -0.15) is 27.1 Å². The molecular weight excluding hydrogens is 530 g/mol. The second kappa shape index (κ2) is 13.1. The van der Waals surface area contributed by atoms with Crippen molar-refractivity contribution in [1.29, 1.82) is 0 Å². The van der Waals surface area contributed by atoms with Gasteiger partial charge in [-0.05, 0) is 54.7 Å². The predicted molar refractivity (Wildman–Crippen MR) is 134 cm³/mol. The summed E-state index contributed by atoms with van der Waals surface area (Å²) < 4.78 is 80.8. The highest BCUT2D eigenvalue weighted by molar-refractivity contribution is 5.94. The Labute approximate surface area is 221 Å². The lowest BCUT2D eigenvalue weighted by atomic mass is 10.0. The van der Waals surface area contributed by atoms with Crippen LogP contribution in [0.5, 0.6) is 0 Å². The molecular formula is C25H32F6N6O2. The van der Waals surface area contributed by atoms with Crippen LogP contribution in [0.4, 0.5) is 26.3 Å². The van der Waals surface area contributed by atoms with Gasteiger partial charge in [0.15, 0.2) is 17.3 Å². The topological polar surface area (TPSA) is 128 Å². The first-order valence-corrected chi connectivity index (χ1v) is 12.2. The predicted octanol–water partition coefficient (Wildman–Crippen LogP) is 4.28. The number of alkyl halides is 5. The van der Waals surface area contributed by atoms with Gasteiger partial charge >= 0.3 is 12.7 Å². The van der Waals surface area contributed by atoms with Crippen molar-refractivity contribution in [1.82, 2.24) is 15.1 Å². The Morgan fingerprint density at radius 2 is 1.95 bits per heavy atom. The van der Waals surface area contributed by atoms with E-state index in [0.717, 1.165) is 36.2 Å². The van der Waals surface area contributed by atoms with E-state index >= 15 is 0 Å². The van der Waals surface area contributed by atoms with Crippen molar-refractivity contribution < 1.29 is 35.9 Å². The van der Waals surface area contributed by atoms with Crippen molar-refractivity contribution in [2.24, 2.45) is 22.4 Å². The fourth-order valence-corrected chi connectivity index (χ4v) is 3.55. The maximum Gasteiger partial charge on any atom is 0.435 e. The molecule has 1 aliphatic rings. The Balaban J connectivity index is 2.38. The van der Waals surface area contributed by atoms with Gasteiger partial charge in [0.05, 0.1) is 23.8 Å². The van der Waals surface area contributed by atoms with Crippen LogP contribution in [-0.2, 0) is 22.3 Å². The molecule has 1 aromatic heterocycles. The number of nitrogens with zero attached hydrogens (tertiary/aromatic N) is 3. The van der Waals surface area contributed by atoms with Crippen LogP contribution in [0.15, 0.2) is 40.8 Å². The number of hydrogen-bond acceptors (Lipinski definition) is 6. The second-order valence-electron chi connectivity index (χ2n) is 9.50. The zero-order valence-electron chi connectivity index (χ0n) is 21.7. The fraction of sp³-hybridized carbons (Fsp3) is 0.520. The van der Waals surface area contributed by atoms with Crippen molar-refractivity contribution in [2.75, 3.05) is 0 Å². The van der Waals surface area contributed by atoms with E-state index in [0.29, 0.717) is 19.3 Å². The quantitative estimate of drug-likeness (QED) is 0.109. The van der Waals surface area contributed by atoms with Gasteiger partial charge in [-0.1, -0.05) is 26.3 Å². The summed E-state index contributed by atoms with van der Waals surface area (Å²) in [5.41, 5.74) is 9.11. The monoisotopic (exact) mass is 562 g/mol. The maximum atomic E-state index is 14.3. The van der Waals surface area contributed by atoms with E-state index in [1.807, 2.05) is 6.92 Å². The van der Waals surface area contributed by atoms with Crippen LogP contribution >= 0.6 is 0 Å². The van der Waals surface area contributed by atoms with Crippen LogP contribution in [0.3, 0.4) is 0 Å². The molecule has 14 heteroatoms. The number of carbonyl (C=O) groups excluding carboxylic acids is 2. The van der Waals surface area contributed by atoms with Crippen molar-refractivity contribution in [3.63, 3.8) is 0 Å². The van der Waals surface area contributed by atoms with Crippen LogP contribution in [0.2, 0.25) is 0 Å². The normalized spacial score (nSPS) is 18.0. The number of Topliss-reactive ketones (excluding diaryl/α,β-unsaturated/α-hetero) is 1. The summed E-state index contributed by atoms with van der Waals surface area (Å²) in [6, 6.07) is -0.444. The van der Waals surface area contributed by atoms with E-state index in [1.54, 1.807) is 13.0 Å². The molecule has 1 unspecified atom stereocenters. The Hall–Kier alpha value is -3.42. The highest BCUT2D eigenvalue weighted by atomic mass is 19.4. The number of nitrogens with two attached hydrogens (primary N) is 2. The summed E-state index contributed by atoms with van der Waals surface area (Å²) in [5, 5.41) is 6.39. The first kappa shape index (κ1) is 31.8. The van der Waals surface area contributed by atoms with Gasteiger partial charge in [0.2, 0.25) is 5.91 Å². The number of rotatable bonds is 13. The number of carbonyl (C=O) groups is 2. The van der Waals surface area contributed by atoms with E-state index in [2.05, 4.69) is 15.4 Å². The number of ketones is 1. The summed E-state index contributed by atoms with van der Waals surface area (Å²) in [4.78, 5) is 27.2. The van der Waals surface area contributed by atoms with Crippen molar-refractivity contribution >= 4 is 23.5 Å². The molecule has 39 heavy (non-hydrogen) atoms. The summed E-state index contributed by atoms with van der Waals surface area (Å²) in [7, 11) is 0. The van der Waals surface area contributed by atoms with E-state index in [4.69, 9.17) is 11.5 Å². The molecule has 0 spiro atoms. The first-order valence-electron chi connectivity index (χ1n) is 12.2. The van der Waals surface area contributed by atoms with Crippen LogP contribution in [0, 0.1) is 5.92 Å². The fourth-order valence-electron chi connectivity index (χ4n) is 3.55. The van der Waals surface area contributed by atoms with E-state index < -0.39 is 47.5 Å². The molecule has 1 amide bonds. The van der Waals surface area contributed by atoms with Crippen molar-refractivity contribution in [3.05, 3.63) is 47.2 Å². The largest absolute Gasteiger partial charge is 0.435 e. The number of aliphatic imine (C=N–C) groups is 1.